The molecule has 1 aromatic heterocycles. The molecule has 1 unspecified atom stereocenters. The van der Waals surface area contributed by atoms with Gasteiger partial charge in [-0.15, -0.1) is 11.3 Å². The van der Waals surface area contributed by atoms with Crippen LogP contribution in [0.15, 0.2) is 16.3 Å². The van der Waals surface area contributed by atoms with E-state index in [-0.39, 0.29) is 5.91 Å². The number of morpholine rings is 1. The molecule has 2 aliphatic rings. The number of aryl methyl sites for hydroxylation is 1. The number of carbonyl (C=O) groups excluding carboxylic acids is 1. The van der Waals surface area contributed by atoms with Crippen LogP contribution in [0.2, 0.25) is 0 Å². The third-order valence-corrected chi connectivity index (χ3v) is 7.97. The van der Waals surface area contributed by atoms with E-state index in [1.54, 1.807) is 11.0 Å². The van der Waals surface area contributed by atoms with Crippen molar-refractivity contribution in [3.05, 3.63) is 17.0 Å². The first-order valence-electron chi connectivity index (χ1n) is 8.01. The number of sulfonamides is 1. The fourth-order valence-corrected chi connectivity index (χ4v) is 6.15. The van der Waals surface area contributed by atoms with Crippen molar-refractivity contribution in [1.29, 1.82) is 0 Å². The fraction of sp³-hybridized carbons (Fsp3) is 0.667. The Morgan fingerprint density at radius 2 is 2.04 bits per heavy atom. The van der Waals surface area contributed by atoms with Crippen molar-refractivity contribution in [2.45, 2.75) is 36.4 Å². The van der Waals surface area contributed by atoms with E-state index < -0.39 is 16.1 Å². The number of rotatable bonds is 4. The van der Waals surface area contributed by atoms with Crippen LogP contribution < -0.4 is 0 Å². The van der Waals surface area contributed by atoms with Gasteiger partial charge in [0.25, 0.3) is 10.0 Å². The van der Waals surface area contributed by atoms with Crippen LogP contribution in [0.1, 0.15) is 24.6 Å². The Balaban J connectivity index is 1.81. The Kier molecular flexibility index (Phi) is 5.05. The molecule has 3 rings (SSSR count). The van der Waals surface area contributed by atoms with Crippen LogP contribution in [-0.2, 0) is 26.0 Å². The van der Waals surface area contributed by atoms with E-state index >= 15 is 0 Å². The molecule has 23 heavy (non-hydrogen) atoms. The minimum absolute atomic E-state index is 0.0818. The van der Waals surface area contributed by atoms with Crippen molar-refractivity contribution in [2.75, 3.05) is 32.8 Å². The molecule has 0 aliphatic carbocycles. The summed E-state index contributed by atoms with van der Waals surface area (Å²) >= 11 is 1.30. The molecule has 2 fully saturated rings. The van der Waals surface area contributed by atoms with Crippen molar-refractivity contribution in [3.8, 4) is 0 Å². The highest BCUT2D eigenvalue weighted by molar-refractivity contribution is 7.91. The summed E-state index contributed by atoms with van der Waals surface area (Å²) in [6.07, 6.45) is 2.14. The molecule has 0 saturated carbocycles. The minimum Gasteiger partial charge on any atom is -0.378 e. The monoisotopic (exact) mass is 358 g/mol. The molecule has 0 aromatic carbocycles. The summed E-state index contributed by atoms with van der Waals surface area (Å²) in [5.74, 6) is -0.0818. The molecule has 1 amide bonds. The van der Waals surface area contributed by atoms with Crippen molar-refractivity contribution in [2.24, 2.45) is 0 Å². The van der Waals surface area contributed by atoms with Gasteiger partial charge in [-0.3, -0.25) is 4.79 Å². The lowest BCUT2D eigenvalue weighted by atomic mass is 10.2. The predicted octanol–water partition coefficient (Wildman–Crippen LogP) is 1.32. The molecular formula is C15H22N2O4S2. The second-order valence-corrected chi connectivity index (χ2v) is 9.07. The van der Waals surface area contributed by atoms with Crippen LogP contribution in [0.4, 0.5) is 0 Å². The number of carbonyl (C=O) groups is 1. The molecule has 3 heterocycles. The third kappa shape index (κ3) is 3.31. The Hall–Kier alpha value is -0.960. The van der Waals surface area contributed by atoms with E-state index in [1.807, 2.05) is 13.0 Å². The topological polar surface area (TPSA) is 66.9 Å². The molecule has 1 atom stereocenters. The maximum Gasteiger partial charge on any atom is 0.253 e. The van der Waals surface area contributed by atoms with Crippen LogP contribution in [-0.4, -0.2) is 62.4 Å². The van der Waals surface area contributed by atoms with Gasteiger partial charge in [0.1, 0.15) is 10.3 Å². The van der Waals surface area contributed by atoms with Gasteiger partial charge >= 0.3 is 0 Å². The van der Waals surface area contributed by atoms with E-state index in [4.69, 9.17) is 4.74 Å². The van der Waals surface area contributed by atoms with E-state index in [2.05, 4.69) is 0 Å². The smallest absolute Gasteiger partial charge is 0.253 e. The molecule has 128 valence electrons. The zero-order chi connectivity index (χ0) is 16.4. The van der Waals surface area contributed by atoms with Crippen molar-refractivity contribution < 1.29 is 17.9 Å². The molecule has 0 radical (unpaired) electrons. The van der Waals surface area contributed by atoms with Crippen molar-refractivity contribution >= 4 is 27.3 Å². The summed E-state index contributed by atoms with van der Waals surface area (Å²) in [6, 6.07) is 2.95. The number of nitrogens with zero attached hydrogens (tertiary/aromatic N) is 2. The lowest BCUT2D eigenvalue weighted by Gasteiger charge is -2.32. The minimum atomic E-state index is -3.59. The maximum atomic E-state index is 12.9. The summed E-state index contributed by atoms with van der Waals surface area (Å²) in [7, 11) is -3.59. The van der Waals surface area contributed by atoms with Crippen LogP contribution in [0, 0.1) is 0 Å². The first kappa shape index (κ1) is 16.9. The summed E-state index contributed by atoms with van der Waals surface area (Å²) < 4.78 is 32.8. The lowest BCUT2D eigenvalue weighted by molar-refractivity contribution is -0.138. The van der Waals surface area contributed by atoms with E-state index in [0.29, 0.717) is 43.5 Å². The Morgan fingerprint density at radius 3 is 2.70 bits per heavy atom. The maximum absolute atomic E-state index is 12.9. The number of hydrogen-bond donors (Lipinski definition) is 0. The highest BCUT2D eigenvalue weighted by Crippen LogP contribution is 2.31. The molecule has 8 heteroatoms. The average molecular weight is 358 g/mol. The SMILES string of the molecule is CCc1ccc(S(=O)(=O)N2CCCC2C(=O)N2CCOCC2)s1. The zero-order valence-corrected chi connectivity index (χ0v) is 14.9. The zero-order valence-electron chi connectivity index (χ0n) is 13.2. The molecule has 0 N–H and O–H groups in total. The highest BCUT2D eigenvalue weighted by atomic mass is 32.2. The molecule has 0 bridgehead atoms. The number of hydrogen-bond acceptors (Lipinski definition) is 5. The van der Waals surface area contributed by atoms with Gasteiger partial charge in [-0.25, -0.2) is 8.42 Å². The Morgan fingerprint density at radius 1 is 1.30 bits per heavy atom. The van der Waals surface area contributed by atoms with Crippen molar-refractivity contribution in [1.82, 2.24) is 9.21 Å². The third-order valence-electron chi connectivity index (χ3n) is 4.36. The highest BCUT2D eigenvalue weighted by Gasteiger charge is 2.41. The summed E-state index contributed by atoms with van der Waals surface area (Å²) in [5.41, 5.74) is 0. The van der Waals surface area contributed by atoms with Gasteiger partial charge in [0.15, 0.2) is 0 Å². The van der Waals surface area contributed by atoms with Gasteiger partial charge in [-0.2, -0.15) is 4.31 Å². The largest absolute Gasteiger partial charge is 0.378 e. The van der Waals surface area contributed by atoms with E-state index in [1.165, 1.54) is 15.6 Å². The van der Waals surface area contributed by atoms with Crippen LogP contribution in [0.5, 0.6) is 0 Å². The second-order valence-electron chi connectivity index (χ2n) is 5.79. The normalized spacial score (nSPS) is 23.3. The number of thiophene rings is 1. The van der Waals surface area contributed by atoms with Gasteiger partial charge in [0.2, 0.25) is 5.91 Å². The summed E-state index contributed by atoms with van der Waals surface area (Å²) in [6.45, 7) is 4.56. The molecule has 0 spiro atoms. The van der Waals surface area contributed by atoms with Gasteiger partial charge in [-0.05, 0) is 31.4 Å². The Labute approximate surface area is 141 Å². The first-order chi connectivity index (χ1) is 11.0. The predicted molar refractivity (Wildman–Crippen MR) is 88.0 cm³/mol. The average Bonchev–Trinajstić information content (AvgIpc) is 3.24. The fourth-order valence-electron chi connectivity index (χ4n) is 3.07. The molecule has 6 nitrogen and oxygen atoms in total. The Bertz CT molecular complexity index is 665. The van der Waals surface area contributed by atoms with Crippen LogP contribution >= 0.6 is 11.3 Å². The number of ether oxygens (including phenoxy) is 1. The summed E-state index contributed by atoms with van der Waals surface area (Å²) in [4.78, 5) is 15.5. The molecule has 2 aliphatic heterocycles. The second kappa shape index (κ2) is 6.88. The molecule has 2 saturated heterocycles. The first-order valence-corrected chi connectivity index (χ1v) is 10.3. The van der Waals surface area contributed by atoms with Gasteiger partial charge in [0, 0.05) is 24.5 Å². The van der Waals surface area contributed by atoms with E-state index in [0.717, 1.165) is 17.7 Å². The molecule has 1 aromatic rings. The van der Waals surface area contributed by atoms with Gasteiger partial charge in [-0.1, -0.05) is 6.92 Å². The van der Waals surface area contributed by atoms with Gasteiger partial charge < -0.3 is 9.64 Å². The molecular weight excluding hydrogens is 336 g/mol. The van der Waals surface area contributed by atoms with Crippen LogP contribution in [0.25, 0.3) is 0 Å². The number of amides is 1. The standard InChI is InChI=1S/C15H22N2O4S2/c1-2-12-5-6-14(22-12)23(19,20)17-7-3-4-13(17)15(18)16-8-10-21-11-9-16/h5-6,13H,2-4,7-11H2,1H3. The van der Waals surface area contributed by atoms with E-state index in [9.17, 15) is 13.2 Å². The van der Waals surface area contributed by atoms with Crippen molar-refractivity contribution in [3.63, 3.8) is 0 Å². The van der Waals surface area contributed by atoms with Gasteiger partial charge in [0.05, 0.1) is 13.2 Å². The quantitative estimate of drug-likeness (QED) is 0.814. The van der Waals surface area contributed by atoms with Crippen LogP contribution in [0.3, 0.4) is 0 Å². The lowest BCUT2D eigenvalue weighted by Crippen LogP contribution is -2.50. The summed E-state index contributed by atoms with van der Waals surface area (Å²) in [5, 5.41) is 0.